The Kier molecular flexibility index (Phi) is 5.14. The molecule has 0 aliphatic heterocycles. The van der Waals surface area contributed by atoms with Gasteiger partial charge in [0.15, 0.2) is 0 Å². The Morgan fingerprint density at radius 3 is 2.61 bits per heavy atom. The molecule has 0 aliphatic carbocycles. The number of amides is 1. The fourth-order valence-electron chi connectivity index (χ4n) is 2.82. The number of hydrogen-bond acceptors (Lipinski definition) is 8. The van der Waals surface area contributed by atoms with Crippen LogP contribution in [-0.2, 0) is 0 Å². The first-order chi connectivity index (χ1) is 15.0. The van der Waals surface area contributed by atoms with Gasteiger partial charge in [-0.05, 0) is 49.4 Å². The number of phenolic OH excluding ortho intramolecular Hbond substituents is 1. The van der Waals surface area contributed by atoms with Crippen LogP contribution < -0.4 is 15.6 Å². The maximum absolute atomic E-state index is 12.8. The first-order valence-corrected chi connectivity index (χ1v) is 9.09. The molecule has 4 rings (SSSR count). The molecule has 1 amide bonds. The van der Waals surface area contributed by atoms with E-state index in [1.807, 2.05) is 0 Å². The van der Waals surface area contributed by atoms with Gasteiger partial charge in [-0.1, -0.05) is 0 Å². The van der Waals surface area contributed by atoms with Crippen LogP contribution in [0.25, 0.3) is 5.78 Å². The number of anilines is 1. The number of carbonyl (C=O) groups excluding carboxylic acids is 1. The average Bonchev–Trinajstić information content (AvgIpc) is 3.24. The number of aryl methyl sites for hydroxylation is 1. The second-order valence-corrected chi connectivity index (χ2v) is 6.45. The van der Waals surface area contributed by atoms with Crippen LogP contribution in [0.3, 0.4) is 0 Å². The van der Waals surface area contributed by atoms with Crippen molar-refractivity contribution in [2.45, 2.75) is 6.92 Å². The van der Waals surface area contributed by atoms with Crippen molar-refractivity contribution >= 4 is 28.7 Å². The maximum Gasteiger partial charge on any atom is 0.298 e. The summed E-state index contributed by atoms with van der Waals surface area (Å²) in [5, 5.41) is 23.5. The second-order valence-electron chi connectivity index (χ2n) is 6.45. The summed E-state index contributed by atoms with van der Waals surface area (Å²) in [6.45, 7) is 1.57. The number of azo groups is 1. The number of ether oxygens (including phenoxy) is 1. The van der Waals surface area contributed by atoms with Gasteiger partial charge in [0, 0.05) is 0 Å². The lowest BCUT2D eigenvalue weighted by Gasteiger charge is -2.09. The van der Waals surface area contributed by atoms with Crippen molar-refractivity contribution in [3.8, 4) is 11.5 Å². The third-order valence-electron chi connectivity index (χ3n) is 4.43. The van der Waals surface area contributed by atoms with Crippen molar-refractivity contribution in [2.24, 2.45) is 10.2 Å². The van der Waals surface area contributed by atoms with Crippen LogP contribution >= 0.6 is 0 Å². The lowest BCUT2D eigenvalue weighted by molar-refractivity contribution is 0.102. The number of benzene rings is 2. The Balaban J connectivity index is 1.60. The van der Waals surface area contributed by atoms with E-state index in [9.17, 15) is 14.7 Å². The van der Waals surface area contributed by atoms with E-state index in [4.69, 9.17) is 4.74 Å². The van der Waals surface area contributed by atoms with Gasteiger partial charge in [-0.2, -0.15) is 14.7 Å². The molecule has 0 aliphatic rings. The highest BCUT2D eigenvalue weighted by Gasteiger charge is 2.18. The molecule has 0 atom stereocenters. The number of fused-ring (bicyclic) bond motifs is 1. The SMILES string of the molecule is COc1ccc(N=Nc2ccc(O)c(C(=O)Nc3c(C)nc4nc[nH]n4c3=O)c2)cc1. The highest BCUT2D eigenvalue weighted by Crippen LogP contribution is 2.26. The summed E-state index contributed by atoms with van der Waals surface area (Å²) in [5.41, 5.74) is 0.594. The molecular formula is C20H17N7O4. The van der Waals surface area contributed by atoms with Crippen molar-refractivity contribution in [1.82, 2.24) is 19.6 Å². The van der Waals surface area contributed by atoms with Gasteiger partial charge in [-0.3, -0.25) is 14.7 Å². The summed E-state index contributed by atoms with van der Waals surface area (Å²) in [5.74, 6) is -0.0875. The Morgan fingerprint density at radius 2 is 1.87 bits per heavy atom. The van der Waals surface area contributed by atoms with Crippen molar-refractivity contribution in [2.75, 3.05) is 12.4 Å². The third kappa shape index (κ3) is 3.96. The van der Waals surface area contributed by atoms with Gasteiger partial charge in [0.2, 0.25) is 0 Å². The molecule has 2 aromatic carbocycles. The number of nitrogens with one attached hydrogen (secondary N) is 2. The predicted molar refractivity (Wildman–Crippen MR) is 112 cm³/mol. The summed E-state index contributed by atoms with van der Waals surface area (Å²) >= 11 is 0. The van der Waals surface area contributed by atoms with Gasteiger partial charge in [0.05, 0.1) is 29.7 Å². The minimum Gasteiger partial charge on any atom is -0.507 e. The summed E-state index contributed by atoms with van der Waals surface area (Å²) in [6, 6.07) is 11.2. The van der Waals surface area contributed by atoms with E-state index in [0.717, 1.165) is 4.52 Å². The zero-order valence-electron chi connectivity index (χ0n) is 16.5. The van der Waals surface area contributed by atoms with Gasteiger partial charge < -0.3 is 15.2 Å². The van der Waals surface area contributed by atoms with Crippen LogP contribution in [0.15, 0.2) is 63.8 Å². The maximum atomic E-state index is 12.8. The molecule has 31 heavy (non-hydrogen) atoms. The molecule has 0 spiro atoms. The number of aromatic nitrogens is 4. The van der Waals surface area contributed by atoms with Crippen molar-refractivity contribution in [3.05, 3.63) is 70.4 Å². The van der Waals surface area contributed by atoms with E-state index in [1.165, 1.54) is 24.5 Å². The molecule has 11 nitrogen and oxygen atoms in total. The number of aromatic hydroxyl groups is 1. The quantitative estimate of drug-likeness (QED) is 0.424. The van der Waals surface area contributed by atoms with Gasteiger partial charge in [-0.15, -0.1) is 0 Å². The molecule has 11 heteroatoms. The number of methoxy groups -OCH3 is 1. The Hall–Kier alpha value is -4.54. The van der Waals surface area contributed by atoms with Crippen LogP contribution in [0, 0.1) is 6.92 Å². The van der Waals surface area contributed by atoms with Crippen molar-refractivity contribution in [3.63, 3.8) is 0 Å². The number of carbonyl (C=O) groups is 1. The monoisotopic (exact) mass is 419 g/mol. The summed E-state index contributed by atoms with van der Waals surface area (Å²) in [7, 11) is 1.57. The van der Waals surface area contributed by atoms with E-state index in [1.54, 1.807) is 38.3 Å². The fourth-order valence-corrected chi connectivity index (χ4v) is 2.82. The highest BCUT2D eigenvalue weighted by atomic mass is 16.5. The first-order valence-electron chi connectivity index (χ1n) is 9.09. The number of nitrogens with zero attached hydrogens (tertiary/aromatic N) is 5. The Labute approximate surface area is 175 Å². The normalized spacial score (nSPS) is 11.2. The zero-order chi connectivity index (χ0) is 22.0. The van der Waals surface area contributed by atoms with Crippen molar-refractivity contribution < 1.29 is 14.6 Å². The number of hydrogen-bond donors (Lipinski definition) is 3. The molecule has 0 unspecified atom stereocenters. The van der Waals surface area contributed by atoms with Gasteiger partial charge >= 0.3 is 0 Å². The lowest BCUT2D eigenvalue weighted by atomic mass is 10.1. The number of aromatic amines is 1. The summed E-state index contributed by atoms with van der Waals surface area (Å²) < 4.78 is 6.19. The van der Waals surface area contributed by atoms with E-state index in [-0.39, 0.29) is 22.8 Å². The molecule has 2 heterocycles. The van der Waals surface area contributed by atoms with Gasteiger partial charge in [0.1, 0.15) is 23.5 Å². The molecule has 0 saturated heterocycles. The minimum atomic E-state index is -0.694. The molecule has 2 aromatic heterocycles. The lowest BCUT2D eigenvalue weighted by Crippen LogP contribution is -2.25. The molecule has 0 bridgehead atoms. The second kappa shape index (κ2) is 8.06. The Morgan fingerprint density at radius 1 is 1.16 bits per heavy atom. The fraction of sp³-hybridized carbons (Fsp3) is 0.100. The summed E-state index contributed by atoms with van der Waals surface area (Å²) in [4.78, 5) is 33.4. The number of rotatable bonds is 5. The smallest absolute Gasteiger partial charge is 0.298 e. The van der Waals surface area contributed by atoms with Crippen LogP contribution in [-0.4, -0.2) is 37.7 Å². The van der Waals surface area contributed by atoms with E-state index in [0.29, 0.717) is 22.8 Å². The molecule has 156 valence electrons. The van der Waals surface area contributed by atoms with E-state index >= 15 is 0 Å². The van der Waals surface area contributed by atoms with Crippen LogP contribution in [0.1, 0.15) is 16.1 Å². The standard InChI is InChI=1S/C20H17N7O4/c1-11-17(19(30)27-20(23-11)21-10-22-27)24-18(29)15-9-13(5-8-16(15)28)26-25-12-3-6-14(31-2)7-4-12/h3-10,28H,1-2H3,(H,24,29)(H,21,22,23). The van der Waals surface area contributed by atoms with Gasteiger partial charge in [0.25, 0.3) is 17.2 Å². The number of H-pyrrole nitrogens is 1. The summed E-state index contributed by atoms with van der Waals surface area (Å²) in [6.07, 6.45) is 1.32. The third-order valence-corrected chi connectivity index (χ3v) is 4.43. The molecule has 3 N–H and O–H groups in total. The average molecular weight is 419 g/mol. The van der Waals surface area contributed by atoms with Crippen LogP contribution in [0.2, 0.25) is 0 Å². The molecule has 4 aromatic rings. The minimum absolute atomic E-state index is 0.0311. The van der Waals surface area contributed by atoms with E-state index < -0.39 is 11.5 Å². The first kappa shape index (κ1) is 19.8. The topological polar surface area (TPSA) is 146 Å². The molecule has 0 fully saturated rings. The predicted octanol–water partition coefficient (Wildman–Crippen LogP) is 3.11. The number of phenols is 1. The van der Waals surface area contributed by atoms with Crippen LogP contribution in [0.4, 0.5) is 17.1 Å². The van der Waals surface area contributed by atoms with Crippen LogP contribution in [0.5, 0.6) is 11.5 Å². The molecule has 0 radical (unpaired) electrons. The highest BCUT2D eigenvalue weighted by molar-refractivity contribution is 6.06. The van der Waals surface area contributed by atoms with Crippen molar-refractivity contribution in [1.29, 1.82) is 0 Å². The Bertz CT molecular complexity index is 1360. The largest absolute Gasteiger partial charge is 0.507 e. The molecular weight excluding hydrogens is 402 g/mol. The zero-order valence-corrected chi connectivity index (χ0v) is 16.5. The van der Waals surface area contributed by atoms with E-state index in [2.05, 4.69) is 30.6 Å². The van der Waals surface area contributed by atoms with Gasteiger partial charge in [-0.25, -0.2) is 9.97 Å². The molecule has 0 saturated carbocycles.